The predicted molar refractivity (Wildman–Crippen MR) is 65.3 cm³/mol. The molecule has 0 heterocycles. The Morgan fingerprint density at radius 1 is 1.44 bits per heavy atom. The Kier molecular flexibility index (Phi) is 4.72. The van der Waals surface area contributed by atoms with Gasteiger partial charge in [-0.2, -0.15) is 0 Å². The van der Waals surface area contributed by atoms with Gasteiger partial charge in [0, 0.05) is 5.56 Å². The van der Waals surface area contributed by atoms with Crippen molar-refractivity contribution in [3.8, 4) is 17.6 Å². The minimum atomic E-state index is -0.527. The topological polar surface area (TPSA) is 107 Å². The number of amides is 2. The molecule has 0 unspecified atom stereocenters. The zero-order valence-electron chi connectivity index (χ0n) is 9.82. The molecule has 5 N–H and O–H groups in total. The molecule has 0 aliphatic carbocycles. The lowest BCUT2D eigenvalue weighted by atomic mass is 10.1. The van der Waals surface area contributed by atoms with E-state index in [1.165, 1.54) is 13.2 Å². The summed E-state index contributed by atoms with van der Waals surface area (Å²) in [7, 11) is 1.48. The molecule has 0 fully saturated rings. The van der Waals surface area contributed by atoms with Crippen LogP contribution in [0.3, 0.4) is 0 Å². The molecule has 0 atom stereocenters. The third kappa shape index (κ3) is 3.50. The van der Waals surface area contributed by atoms with Gasteiger partial charge in [0.2, 0.25) is 5.91 Å². The number of nitrogen functional groups attached to an aromatic ring is 1. The maximum absolute atomic E-state index is 11.5. The highest BCUT2D eigenvalue weighted by molar-refractivity contribution is 5.96. The van der Waals surface area contributed by atoms with Gasteiger partial charge in [-0.3, -0.25) is 15.0 Å². The first kappa shape index (κ1) is 13.5. The predicted octanol–water partition coefficient (Wildman–Crippen LogP) is -0.474. The molecular formula is C12H13N3O3. The first-order valence-corrected chi connectivity index (χ1v) is 5.04. The van der Waals surface area contributed by atoms with Crippen molar-refractivity contribution in [2.24, 2.45) is 11.6 Å². The van der Waals surface area contributed by atoms with Crippen LogP contribution in [0.2, 0.25) is 0 Å². The molecule has 1 aromatic rings. The zero-order chi connectivity index (χ0) is 13.5. The van der Waals surface area contributed by atoms with Gasteiger partial charge < -0.3 is 10.5 Å². The number of carbonyl (C=O) groups is 2. The van der Waals surface area contributed by atoms with E-state index in [9.17, 15) is 9.59 Å². The number of hydrogen-bond acceptors (Lipinski definition) is 4. The van der Waals surface area contributed by atoms with E-state index in [1.54, 1.807) is 12.1 Å². The summed E-state index contributed by atoms with van der Waals surface area (Å²) in [6.07, 6.45) is -0.0737. The highest BCUT2D eigenvalue weighted by atomic mass is 16.5. The first-order chi connectivity index (χ1) is 8.58. The molecule has 0 saturated carbocycles. The smallest absolute Gasteiger partial charge is 0.266 e. The fraction of sp³-hybridized carbons (Fsp3) is 0.167. The van der Waals surface area contributed by atoms with Crippen LogP contribution < -0.4 is 21.7 Å². The minimum absolute atomic E-state index is 0.0737. The molecule has 6 nitrogen and oxygen atoms in total. The Morgan fingerprint density at radius 3 is 2.72 bits per heavy atom. The van der Waals surface area contributed by atoms with E-state index in [-0.39, 0.29) is 12.0 Å². The van der Waals surface area contributed by atoms with E-state index in [0.717, 1.165) is 0 Å². The van der Waals surface area contributed by atoms with Crippen molar-refractivity contribution in [1.82, 2.24) is 5.43 Å². The summed E-state index contributed by atoms with van der Waals surface area (Å²) in [5, 5.41) is 0. The number of hydrazine groups is 1. The largest absolute Gasteiger partial charge is 0.497 e. The third-order valence-corrected chi connectivity index (χ3v) is 2.09. The SMILES string of the molecule is COc1ccc(C#CCC(N)=O)c(C(=O)NN)c1. The normalized spacial score (nSPS) is 9.00. The summed E-state index contributed by atoms with van der Waals surface area (Å²) >= 11 is 0. The van der Waals surface area contributed by atoms with Crippen molar-refractivity contribution in [2.45, 2.75) is 6.42 Å². The monoisotopic (exact) mass is 247 g/mol. The summed E-state index contributed by atoms with van der Waals surface area (Å²) in [6.45, 7) is 0. The van der Waals surface area contributed by atoms with Crippen LogP contribution in [0.1, 0.15) is 22.3 Å². The molecule has 94 valence electrons. The minimum Gasteiger partial charge on any atom is -0.497 e. The molecule has 0 radical (unpaired) electrons. The van der Waals surface area contributed by atoms with Crippen LogP contribution in [0.15, 0.2) is 18.2 Å². The Morgan fingerprint density at radius 2 is 2.17 bits per heavy atom. The van der Waals surface area contributed by atoms with Crippen molar-refractivity contribution in [3.63, 3.8) is 0 Å². The van der Waals surface area contributed by atoms with Crippen LogP contribution in [-0.2, 0) is 4.79 Å². The second kappa shape index (κ2) is 6.27. The third-order valence-electron chi connectivity index (χ3n) is 2.09. The fourth-order valence-corrected chi connectivity index (χ4v) is 1.25. The molecule has 0 spiro atoms. The Hall–Kier alpha value is -2.52. The Bertz CT molecular complexity index is 529. The average molecular weight is 247 g/mol. The van der Waals surface area contributed by atoms with Gasteiger partial charge in [-0.25, -0.2) is 5.84 Å². The highest BCUT2D eigenvalue weighted by Gasteiger charge is 2.10. The number of hydrogen-bond donors (Lipinski definition) is 3. The Labute approximate surface area is 104 Å². The number of benzene rings is 1. The van der Waals surface area contributed by atoms with E-state index in [1.807, 2.05) is 5.43 Å². The lowest BCUT2D eigenvalue weighted by molar-refractivity contribution is -0.117. The van der Waals surface area contributed by atoms with Crippen LogP contribution in [0.4, 0.5) is 0 Å². The summed E-state index contributed by atoms with van der Waals surface area (Å²) in [6, 6.07) is 4.77. The van der Waals surface area contributed by atoms with Crippen molar-refractivity contribution in [2.75, 3.05) is 7.11 Å². The average Bonchev–Trinajstić information content (AvgIpc) is 2.37. The van der Waals surface area contributed by atoms with Gasteiger partial charge in [-0.05, 0) is 18.2 Å². The van der Waals surface area contributed by atoms with Crippen LogP contribution in [0, 0.1) is 11.8 Å². The van der Waals surface area contributed by atoms with E-state index < -0.39 is 11.8 Å². The molecule has 0 aliphatic heterocycles. The van der Waals surface area contributed by atoms with E-state index >= 15 is 0 Å². The molecule has 0 bridgehead atoms. The maximum atomic E-state index is 11.5. The lowest BCUT2D eigenvalue weighted by Gasteiger charge is -2.05. The molecule has 0 aromatic heterocycles. The molecular weight excluding hydrogens is 234 g/mol. The van der Waals surface area contributed by atoms with Gasteiger partial charge in [-0.15, -0.1) is 0 Å². The van der Waals surface area contributed by atoms with Gasteiger partial charge in [-0.1, -0.05) is 11.8 Å². The van der Waals surface area contributed by atoms with Gasteiger partial charge in [0.1, 0.15) is 5.75 Å². The first-order valence-electron chi connectivity index (χ1n) is 5.04. The Balaban J connectivity index is 3.12. The number of nitrogens with two attached hydrogens (primary N) is 2. The molecule has 2 amide bonds. The number of carbonyl (C=O) groups excluding carboxylic acids is 2. The van der Waals surface area contributed by atoms with Crippen molar-refractivity contribution in [1.29, 1.82) is 0 Å². The molecule has 18 heavy (non-hydrogen) atoms. The van der Waals surface area contributed by atoms with E-state index in [4.69, 9.17) is 16.3 Å². The molecule has 0 saturated heterocycles. The zero-order valence-corrected chi connectivity index (χ0v) is 9.82. The van der Waals surface area contributed by atoms with E-state index in [0.29, 0.717) is 11.3 Å². The lowest BCUT2D eigenvalue weighted by Crippen LogP contribution is -2.30. The van der Waals surface area contributed by atoms with Crippen molar-refractivity contribution < 1.29 is 14.3 Å². The molecule has 6 heteroatoms. The van der Waals surface area contributed by atoms with Crippen LogP contribution >= 0.6 is 0 Å². The highest BCUT2D eigenvalue weighted by Crippen LogP contribution is 2.16. The quantitative estimate of drug-likeness (QED) is 0.290. The molecule has 1 aromatic carbocycles. The number of nitrogens with one attached hydrogen (secondary N) is 1. The second-order valence-corrected chi connectivity index (χ2v) is 3.33. The summed E-state index contributed by atoms with van der Waals surface area (Å²) in [5.41, 5.74) is 7.70. The second-order valence-electron chi connectivity index (χ2n) is 3.33. The summed E-state index contributed by atoms with van der Waals surface area (Å²) < 4.78 is 5.00. The number of rotatable bonds is 3. The number of methoxy groups -OCH3 is 1. The van der Waals surface area contributed by atoms with Gasteiger partial charge in [0.25, 0.3) is 5.91 Å². The van der Waals surface area contributed by atoms with Crippen molar-refractivity contribution >= 4 is 11.8 Å². The van der Waals surface area contributed by atoms with Crippen LogP contribution in [-0.4, -0.2) is 18.9 Å². The number of primary amides is 1. The summed E-state index contributed by atoms with van der Waals surface area (Å²) in [5.74, 6) is 9.83. The van der Waals surface area contributed by atoms with Crippen LogP contribution in [0.25, 0.3) is 0 Å². The van der Waals surface area contributed by atoms with E-state index in [2.05, 4.69) is 11.8 Å². The van der Waals surface area contributed by atoms with Crippen molar-refractivity contribution in [3.05, 3.63) is 29.3 Å². The van der Waals surface area contributed by atoms with Gasteiger partial charge in [0.15, 0.2) is 0 Å². The fourth-order valence-electron chi connectivity index (χ4n) is 1.25. The maximum Gasteiger partial charge on any atom is 0.266 e. The molecule has 1 rings (SSSR count). The summed E-state index contributed by atoms with van der Waals surface area (Å²) in [4.78, 5) is 22.1. The molecule has 0 aliphatic rings. The van der Waals surface area contributed by atoms with Gasteiger partial charge in [0.05, 0.1) is 19.1 Å². The van der Waals surface area contributed by atoms with Crippen LogP contribution in [0.5, 0.6) is 5.75 Å². The van der Waals surface area contributed by atoms with Gasteiger partial charge >= 0.3 is 0 Å². The number of ether oxygens (including phenoxy) is 1. The standard InChI is InChI=1S/C12H13N3O3/c1-18-9-6-5-8(3-2-4-11(13)16)10(7-9)12(17)15-14/h5-7H,4,14H2,1H3,(H2,13,16)(H,15,17).